The highest BCUT2D eigenvalue weighted by Gasteiger charge is 2.07. The van der Waals surface area contributed by atoms with Crippen LogP contribution < -0.4 is 10.9 Å². The van der Waals surface area contributed by atoms with Gasteiger partial charge in [-0.2, -0.15) is 5.10 Å². The smallest absolute Gasteiger partial charge is 0.262 e. The fraction of sp³-hybridized carbons (Fsp3) is 0.188. The van der Waals surface area contributed by atoms with Gasteiger partial charge in [-0.3, -0.25) is 25.1 Å². The van der Waals surface area contributed by atoms with Gasteiger partial charge in [-0.25, -0.2) is 0 Å². The van der Waals surface area contributed by atoms with Crippen LogP contribution in [0.25, 0.3) is 6.08 Å². The molecule has 0 radical (unpaired) electrons. The van der Waals surface area contributed by atoms with Crippen LogP contribution in [0.5, 0.6) is 0 Å². The number of hydrogen-bond donors (Lipinski definition) is 2. The molecular formula is C16H17ClN4O2. The number of benzene rings is 1. The van der Waals surface area contributed by atoms with Gasteiger partial charge in [-0.15, -0.1) is 0 Å². The summed E-state index contributed by atoms with van der Waals surface area (Å²) < 4.78 is 1.57. The fourth-order valence-electron chi connectivity index (χ4n) is 1.93. The predicted octanol–water partition coefficient (Wildman–Crippen LogP) is 2.01. The molecule has 1 aromatic heterocycles. The van der Waals surface area contributed by atoms with Crippen molar-refractivity contribution in [3.63, 3.8) is 0 Å². The van der Waals surface area contributed by atoms with Crippen LogP contribution in [0.3, 0.4) is 0 Å². The summed E-state index contributed by atoms with van der Waals surface area (Å²) in [6, 6.07) is 8.91. The molecule has 0 aliphatic carbocycles. The molecule has 0 saturated carbocycles. The van der Waals surface area contributed by atoms with E-state index in [1.165, 1.54) is 6.08 Å². The maximum absolute atomic E-state index is 11.8. The number of aromatic nitrogens is 2. The van der Waals surface area contributed by atoms with E-state index in [0.717, 1.165) is 17.0 Å². The quantitative estimate of drug-likeness (QED) is 0.664. The number of halogens is 1. The van der Waals surface area contributed by atoms with Gasteiger partial charge in [0, 0.05) is 16.8 Å². The minimum absolute atomic E-state index is 0.0425. The highest BCUT2D eigenvalue weighted by Crippen LogP contribution is 2.10. The Hall–Kier alpha value is -2.60. The molecule has 0 saturated heterocycles. The van der Waals surface area contributed by atoms with Gasteiger partial charge in [0.2, 0.25) is 0 Å². The summed E-state index contributed by atoms with van der Waals surface area (Å²) in [4.78, 5) is 23.4. The Bertz CT molecular complexity index is 735. The first-order valence-electron chi connectivity index (χ1n) is 6.97. The molecule has 0 aliphatic heterocycles. The number of aryl methyl sites for hydroxylation is 2. The first kappa shape index (κ1) is 16.8. The molecule has 6 nitrogen and oxygen atoms in total. The maximum Gasteiger partial charge on any atom is 0.262 e. The van der Waals surface area contributed by atoms with Gasteiger partial charge in [0.25, 0.3) is 11.8 Å². The van der Waals surface area contributed by atoms with Crippen LogP contribution in [0.15, 0.2) is 36.4 Å². The third kappa shape index (κ3) is 5.27. The van der Waals surface area contributed by atoms with E-state index in [0.29, 0.717) is 5.02 Å². The van der Waals surface area contributed by atoms with E-state index in [1.807, 2.05) is 19.9 Å². The van der Waals surface area contributed by atoms with Crippen molar-refractivity contribution in [2.24, 2.45) is 0 Å². The Morgan fingerprint density at radius 3 is 2.52 bits per heavy atom. The third-order valence-corrected chi connectivity index (χ3v) is 3.27. The molecule has 0 unspecified atom stereocenters. The van der Waals surface area contributed by atoms with Gasteiger partial charge in [-0.05, 0) is 43.7 Å². The Balaban J connectivity index is 1.80. The third-order valence-electron chi connectivity index (χ3n) is 3.02. The number of hydrazine groups is 1. The van der Waals surface area contributed by atoms with E-state index in [-0.39, 0.29) is 12.5 Å². The number of carbonyl (C=O) groups excluding carboxylic acids is 2. The van der Waals surface area contributed by atoms with Crippen molar-refractivity contribution in [3.05, 3.63) is 58.4 Å². The summed E-state index contributed by atoms with van der Waals surface area (Å²) in [6.07, 6.45) is 2.95. The second-order valence-corrected chi connectivity index (χ2v) is 5.44. The molecule has 0 aliphatic rings. The van der Waals surface area contributed by atoms with E-state index < -0.39 is 5.91 Å². The molecule has 0 spiro atoms. The highest BCUT2D eigenvalue weighted by atomic mass is 35.5. The molecule has 1 heterocycles. The molecule has 2 amide bonds. The zero-order valence-electron chi connectivity index (χ0n) is 12.8. The molecular weight excluding hydrogens is 316 g/mol. The van der Waals surface area contributed by atoms with Crippen LogP contribution in [0.2, 0.25) is 5.02 Å². The van der Waals surface area contributed by atoms with Crippen LogP contribution in [0.1, 0.15) is 17.0 Å². The Morgan fingerprint density at radius 2 is 1.91 bits per heavy atom. The van der Waals surface area contributed by atoms with Crippen LogP contribution in [-0.2, 0) is 16.1 Å². The van der Waals surface area contributed by atoms with Crippen molar-refractivity contribution in [1.29, 1.82) is 0 Å². The van der Waals surface area contributed by atoms with E-state index >= 15 is 0 Å². The average molecular weight is 333 g/mol. The number of hydrogen-bond acceptors (Lipinski definition) is 3. The van der Waals surface area contributed by atoms with Gasteiger partial charge in [0.15, 0.2) is 0 Å². The summed E-state index contributed by atoms with van der Waals surface area (Å²) in [5, 5.41) is 4.81. The molecule has 2 N–H and O–H groups in total. The molecule has 0 fully saturated rings. The molecule has 7 heteroatoms. The monoisotopic (exact) mass is 332 g/mol. The lowest BCUT2D eigenvalue weighted by atomic mass is 10.2. The van der Waals surface area contributed by atoms with Gasteiger partial charge in [-0.1, -0.05) is 23.7 Å². The number of carbonyl (C=O) groups is 2. The second kappa shape index (κ2) is 7.60. The lowest BCUT2D eigenvalue weighted by Gasteiger charge is -2.06. The van der Waals surface area contributed by atoms with E-state index in [4.69, 9.17) is 11.6 Å². The molecule has 1 aromatic carbocycles. The van der Waals surface area contributed by atoms with E-state index in [9.17, 15) is 9.59 Å². The molecule has 0 bridgehead atoms. The summed E-state index contributed by atoms with van der Waals surface area (Å²) in [5.41, 5.74) is 7.21. The van der Waals surface area contributed by atoms with Gasteiger partial charge >= 0.3 is 0 Å². The van der Waals surface area contributed by atoms with E-state index in [2.05, 4.69) is 16.0 Å². The SMILES string of the molecule is Cc1cc(C)n(CC(=O)NNC(=O)/C=C/c2ccc(Cl)cc2)n1. The summed E-state index contributed by atoms with van der Waals surface area (Å²) in [5.74, 6) is -0.786. The summed E-state index contributed by atoms with van der Waals surface area (Å²) >= 11 is 5.78. The van der Waals surface area contributed by atoms with Gasteiger partial charge < -0.3 is 0 Å². The lowest BCUT2D eigenvalue weighted by molar-refractivity contribution is -0.127. The average Bonchev–Trinajstić information content (AvgIpc) is 2.82. The van der Waals surface area contributed by atoms with Crippen molar-refractivity contribution >= 4 is 29.5 Å². The van der Waals surface area contributed by atoms with Crippen LogP contribution in [-0.4, -0.2) is 21.6 Å². The topological polar surface area (TPSA) is 76.0 Å². The first-order chi connectivity index (χ1) is 10.9. The van der Waals surface area contributed by atoms with Gasteiger partial charge in [0.05, 0.1) is 5.69 Å². The number of rotatable bonds is 4. The highest BCUT2D eigenvalue weighted by molar-refractivity contribution is 6.30. The Morgan fingerprint density at radius 1 is 1.22 bits per heavy atom. The maximum atomic E-state index is 11.8. The zero-order chi connectivity index (χ0) is 16.8. The van der Waals surface area contributed by atoms with Gasteiger partial charge in [0.1, 0.15) is 6.54 Å². The van der Waals surface area contributed by atoms with Crippen molar-refractivity contribution in [1.82, 2.24) is 20.6 Å². The molecule has 0 atom stereocenters. The summed E-state index contributed by atoms with van der Waals surface area (Å²) in [6.45, 7) is 3.76. The predicted molar refractivity (Wildman–Crippen MR) is 88.5 cm³/mol. The largest absolute Gasteiger partial charge is 0.271 e. The van der Waals surface area contributed by atoms with Crippen molar-refractivity contribution in [2.45, 2.75) is 20.4 Å². The number of nitrogens with zero attached hydrogens (tertiary/aromatic N) is 2. The molecule has 2 aromatic rings. The van der Waals surface area contributed by atoms with Crippen molar-refractivity contribution < 1.29 is 9.59 Å². The van der Waals surface area contributed by atoms with Crippen LogP contribution in [0.4, 0.5) is 0 Å². The number of amides is 2. The molecule has 23 heavy (non-hydrogen) atoms. The second-order valence-electron chi connectivity index (χ2n) is 5.01. The fourth-order valence-corrected chi connectivity index (χ4v) is 2.06. The normalized spacial score (nSPS) is 10.7. The lowest BCUT2D eigenvalue weighted by Crippen LogP contribution is -2.42. The zero-order valence-corrected chi connectivity index (χ0v) is 13.6. The Kier molecular flexibility index (Phi) is 5.54. The minimum atomic E-state index is -0.429. The number of nitrogens with one attached hydrogen (secondary N) is 2. The standard InChI is InChI=1S/C16H17ClN4O2/c1-11-9-12(2)21(20-11)10-16(23)19-18-15(22)8-5-13-3-6-14(17)7-4-13/h3-9H,10H2,1-2H3,(H,18,22)(H,19,23)/b8-5+. The minimum Gasteiger partial charge on any atom is -0.271 e. The Labute approximate surface area is 139 Å². The molecule has 120 valence electrons. The van der Waals surface area contributed by atoms with Crippen LogP contribution >= 0.6 is 11.6 Å². The van der Waals surface area contributed by atoms with Crippen LogP contribution in [0, 0.1) is 13.8 Å². The van der Waals surface area contributed by atoms with Crippen molar-refractivity contribution in [2.75, 3.05) is 0 Å². The van der Waals surface area contributed by atoms with Crippen molar-refractivity contribution in [3.8, 4) is 0 Å². The molecule has 2 rings (SSSR count). The first-order valence-corrected chi connectivity index (χ1v) is 7.35. The summed E-state index contributed by atoms with van der Waals surface area (Å²) in [7, 11) is 0. The van der Waals surface area contributed by atoms with E-state index in [1.54, 1.807) is 35.0 Å².